The zero-order chi connectivity index (χ0) is 39.6. The van der Waals surface area contributed by atoms with Crippen molar-refractivity contribution in [2.45, 2.75) is 55.8 Å². The summed E-state index contributed by atoms with van der Waals surface area (Å²) >= 11 is 5.96. The van der Waals surface area contributed by atoms with Gasteiger partial charge in [0.2, 0.25) is 6.10 Å². The molecule has 3 aromatic rings. The van der Waals surface area contributed by atoms with Crippen LogP contribution in [-0.4, -0.2) is 127 Å². The van der Waals surface area contributed by atoms with Crippen molar-refractivity contribution >= 4 is 52.3 Å². The lowest BCUT2D eigenvalue weighted by Crippen LogP contribution is -2.53. The fourth-order valence-electron chi connectivity index (χ4n) is 6.95. The van der Waals surface area contributed by atoms with Gasteiger partial charge in [-0.1, -0.05) is 47.1 Å². The van der Waals surface area contributed by atoms with Crippen LogP contribution in [0.5, 0.6) is 0 Å². The first-order chi connectivity index (χ1) is 26.3. The molecule has 3 heterocycles. The Bertz CT molecular complexity index is 2040. The second kappa shape index (κ2) is 16.6. The second-order valence-electron chi connectivity index (χ2n) is 13.3. The largest absolute Gasteiger partial charge is 0.478 e. The fraction of sp³-hybridized carbons (Fsp3) is 0.342. The van der Waals surface area contributed by atoms with E-state index in [4.69, 9.17) is 21.5 Å². The molecule has 15 nitrogen and oxygen atoms in total. The molecule has 3 aliphatic heterocycles. The summed E-state index contributed by atoms with van der Waals surface area (Å²) in [5, 5.41) is 65.2. The van der Waals surface area contributed by atoms with Crippen LogP contribution in [0.25, 0.3) is 5.57 Å². The molecule has 3 amide bonds. The standard InChI is InChI=1S/C38H38ClFN4O11/c39-26-6-2-5-25(30(26)40)27-17-29(55-42-27)36(51)44-16-13-23-22(19-11-14-43(15-12-19)37(52)34(49)33(48)32(47)28(46)18-45)3-1-4-24(23)31(44)35(50)41-21-9-7-20(8-10-21)38(53)54/h1-11,28-29,31-34,45-49H,12-18H2,(H,41,50)(H,53,54)/t28?,29-,31+,32?,33?,34?/m1/s1. The highest BCUT2D eigenvalue weighted by molar-refractivity contribution is 6.31. The predicted octanol–water partition coefficient (Wildman–Crippen LogP) is 1.49. The molecule has 3 aromatic carbocycles. The first-order valence-electron chi connectivity index (χ1n) is 17.4. The van der Waals surface area contributed by atoms with Crippen LogP contribution in [0, 0.1) is 5.82 Å². The van der Waals surface area contributed by atoms with Crippen LogP contribution in [0.4, 0.5) is 10.1 Å². The third-order valence-electron chi connectivity index (χ3n) is 9.93. The minimum Gasteiger partial charge on any atom is -0.478 e. The van der Waals surface area contributed by atoms with Gasteiger partial charge in [-0.25, -0.2) is 9.18 Å². The molecule has 0 saturated heterocycles. The Kier molecular flexibility index (Phi) is 11.9. The Hall–Kier alpha value is -5.23. The summed E-state index contributed by atoms with van der Waals surface area (Å²) < 4.78 is 14.8. The summed E-state index contributed by atoms with van der Waals surface area (Å²) in [4.78, 5) is 60.8. The van der Waals surface area contributed by atoms with Gasteiger partial charge < -0.3 is 50.6 Å². The maximum absolute atomic E-state index is 14.8. The van der Waals surface area contributed by atoms with Crippen molar-refractivity contribution in [1.29, 1.82) is 0 Å². The smallest absolute Gasteiger partial charge is 0.335 e. The van der Waals surface area contributed by atoms with E-state index in [0.29, 0.717) is 18.4 Å². The van der Waals surface area contributed by atoms with Gasteiger partial charge in [0, 0.05) is 37.3 Å². The number of amides is 3. The van der Waals surface area contributed by atoms with Crippen LogP contribution in [0.15, 0.2) is 71.9 Å². The Morgan fingerprint density at radius 2 is 1.65 bits per heavy atom. The molecule has 6 atom stereocenters. The van der Waals surface area contributed by atoms with E-state index < -0.39 is 72.7 Å². The maximum Gasteiger partial charge on any atom is 0.335 e. The highest BCUT2D eigenvalue weighted by Gasteiger charge is 2.43. The van der Waals surface area contributed by atoms with E-state index in [-0.39, 0.29) is 53.6 Å². The molecule has 3 aliphatic rings. The average molecular weight is 781 g/mol. The molecule has 7 N–H and O–H groups in total. The number of carboxylic acid groups (broad SMARTS) is 1. The van der Waals surface area contributed by atoms with Gasteiger partial charge in [0.05, 0.1) is 22.9 Å². The molecule has 0 spiro atoms. The monoisotopic (exact) mass is 780 g/mol. The number of aromatic carboxylic acids is 1. The van der Waals surface area contributed by atoms with E-state index in [1.165, 1.54) is 46.2 Å². The van der Waals surface area contributed by atoms with Gasteiger partial charge in [-0.2, -0.15) is 0 Å². The predicted molar refractivity (Wildman–Crippen MR) is 194 cm³/mol. The van der Waals surface area contributed by atoms with Gasteiger partial charge in [-0.3, -0.25) is 14.4 Å². The number of nitrogens with zero attached hydrogens (tertiary/aromatic N) is 3. The molecule has 4 unspecified atom stereocenters. The van der Waals surface area contributed by atoms with E-state index in [1.807, 2.05) is 6.07 Å². The number of hydrogen-bond acceptors (Lipinski definition) is 11. The molecular formula is C38H38ClFN4O11. The van der Waals surface area contributed by atoms with Gasteiger partial charge in [0.1, 0.15) is 24.4 Å². The summed E-state index contributed by atoms with van der Waals surface area (Å²) in [7, 11) is 0. The van der Waals surface area contributed by atoms with Crippen LogP contribution in [-0.2, 0) is 25.6 Å². The number of halogens is 2. The van der Waals surface area contributed by atoms with Crippen LogP contribution in [0.3, 0.4) is 0 Å². The van der Waals surface area contributed by atoms with Crippen LogP contribution in [0.2, 0.25) is 5.02 Å². The van der Waals surface area contributed by atoms with Crippen LogP contribution >= 0.6 is 11.6 Å². The van der Waals surface area contributed by atoms with E-state index in [1.54, 1.807) is 24.3 Å². The molecular weight excluding hydrogens is 743 g/mol. The zero-order valence-electron chi connectivity index (χ0n) is 29.1. The van der Waals surface area contributed by atoms with Crippen molar-refractivity contribution in [2.24, 2.45) is 5.16 Å². The quantitative estimate of drug-likeness (QED) is 0.147. The number of carbonyl (C=O) groups is 4. The summed E-state index contributed by atoms with van der Waals surface area (Å²) in [6, 6.07) is 14.0. The first-order valence-corrected chi connectivity index (χ1v) is 17.7. The number of oxime groups is 1. The minimum atomic E-state index is -2.06. The summed E-state index contributed by atoms with van der Waals surface area (Å²) in [6.07, 6.45) is -6.72. The Balaban J connectivity index is 1.26. The molecule has 0 aromatic heterocycles. The number of aliphatic hydroxyl groups is 5. The lowest BCUT2D eigenvalue weighted by Gasteiger charge is -2.38. The number of carbonyl (C=O) groups excluding carboxylic acids is 3. The molecule has 0 fully saturated rings. The minimum absolute atomic E-state index is 0.0116. The Morgan fingerprint density at radius 3 is 2.33 bits per heavy atom. The number of hydrogen-bond donors (Lipinski definition) is 7. The molecule has 17 heteroatoms. The molecule has 55 heavy (non-hydrogen) atoms. The van der Waals surface area contributed by atoms with Crippen molar-refractivity contribution in [2.75, 3.05) is 31.6 Å². The molecule has 0 saturated carbocycles. The van der Waals surface area contributed by atoms with E-state index in [0.717, 1.165) is 16.7 Å². The zero-order valence-corrected chi connectivity index (χ0v) is 29.8. The number of anilines is 1. The van der Waals surface area contributed by atoms with Crippen LogP contribution in [0.1, 0.15) is 51.5 Å². The van der Waals surface area contributed by atoms with Crippen molar-refractivity contribution in [3.63, 3.8) is 0 Å². The number of benzene rings is 3. The molecule has 0 radical (unpaired) electrons. The van der Waals surface area contributed by atoms with Crippen molar-refractivity contribution in [3.05, 3.63) is 105 Å². The molecule has 0 aliphatic carbocycles. The van der Waals surface area contributed by atoms with Gasteiger partial charge in [-0.15, -0.1) is 0 Å². The number of fused-ring (bicyclic) bond motifs is 1. The number of aliphatic hydroxyl groups excluding tert-OH is 5. The maximum atomic E-state index is 14.8. The molecule has 0 bridgehead atoms. The summed E-state index contributed by atoms with van der Waals surface area (Å²) in [5.41, 5.74) is 3.41. The summed E-state index contributed by atoms with van der Waals surface area (Å²) in [5.74, 6) is -3.90. The highest BCUT2D eigenvalue weighted by Crippen LogP contribution is 2.38. The van der Waals surface area contributed by atoms with Crippen molar-refractivity contribution in [1.82, 2.24) is 9.80 Å². The molecule has 6 rings (SSSR count). The van der Waals surface area contributed by atoms with E-state index in [2.05, 4.69) is 10.5 Å². The second-order valence-corrected chi connectivity index (χ2v) is 13.7. The van der Waals surface area contributed by atoms with Gasteiger partial charge in [0.15, 0.2) is 11.9 Å². The van der Waals surface area contributed by atoms with Gasteiger partial charge >= 0.3 is 5.97 Å². The first kappa shape index (κ1) is 39.5. The third kappa shape index (κ3) is 8.10. The topological polar surface area (TPSA) is 230 Å². The van der Waals surface area contributed by atoms with E-state index in [9.17, 15) is 49.1 Å². The number of carboxylic acids is 1. The fourth-order valence-corrected chi connectivity index (χ4v) is 7.12. The SMILES string of the molecule is O=C(O)c1ccc(NC(=O)[C@@H]2c3cccc(C4=CCN(C(=O)C(O)C(O)C(O)C(O)CO)CC4)c3CCN2C(=O)[C@H]2CC(c3cccc(Cl)c3F)=NO2)cc1. The van der Waals surface area contributed by atoms with Gasteiger partial charge in [-0.05, 0) is 71.5 Å². The van der Waals surface area contributed by atoms with Crippen LogP contribution < -0.4 is 5.32 Å². The third-order valence-corrected chi connectivity index (χ3v) is 10.2. The Labute approximate surface area is 318 Å². The number of nitrogens with one attached hydrogen (secondary N) is 1. The Morgan fingerprint density at radius 1 is 0.945 bits per heavy atom. The van der Waals surface area contributed by atoms with Gasteiger partial charge in [0.25, 0.3) is 17.7 Å². The molecule has 290 valence electrons. The average Bonchev–Trinajstić information content (AvgIpc) is 3.70. The van der Waals surface area contributed by atoms with Crippen molar-refractivity contribution < 1.29 is 59.0 Å². The van der Waals surface area contributed by atoms with Crippen molar-refractivity contribution in [3.8, 4) is 0 Å². The lowest BCUT2D eigenvalue weighted by atomic mass is 9.84. The van der Waals surface area contributed by atoms with E-state index >= 15 is 0 Å². The highest BCUT2D eigenvalue weighted by atomic mass is 35.5. The number of rotatable bonds is 11. The lowest BCUT2D eigenvalue weighted by molar-refractivity contribution is -0.158. The normalized spacial score (nSPS) is 20.3. The summed E-state index contributed by atoms with van der Waals surface area (Å²) in [6.45, 7) is -0.676.